The van der Waals surface area contributed by atoms with Crippen molar-refractivity contribution in [3.05, 3.63) is 75.8 Å². The first-order chi connectivity index (χ1) is 20.2. The van der Waals surface area contributed by atoms with Gasteiger partial charge >= 0.3 is 11.9 Å². The molecule has 0 spiro atoms. The summed E-state index contributed by atoms with van der Waals surface area (Å²) in [6.07, 6.45) is 6.65. The van der Waals surface area contributed by atoms with Crippen molar-refractivity contribution in [2.24, 2.45) is 11.8 Å². The Hall–Kier alpha value is -3.82. The summed E-state index contributed by atoms with van der Waals surface area (Å²) in [5, 5.41) is 23.7. The number of carbonyl (C=O) groups excluding carboxylic acids is 1. The van der Waals surface area contributed by atoms with Crippen LogP contribution in [0.4, 0.5) is 5.69 Å². The molecule has 10 heteroatoms. The van der Waals surface area contributed by atoms with Crippen LogP contribution in [0, 0.1) is 11.8 Å². The summed E-state index contributed by atoms with van der Waals surface area (Å²) in [5.74, 6) is -2.63. The van der Waals surface area contributed by atoms with Gasteiger partial charge in [-0.05, 0) is 66.1 Å². The molecule has 1 aliphatic carbocycles. The molecule has 1 saturated heterocycles. The van der Waals surface area contributed by atoms with E-state index in [-0.39, 0.29) is 23.9 Å². The Bertz CT molecular complexity index is 1430. The average Bonchev–Trinajstić information content (AvgIpc) is 3.36. The lowest BCUT2D eigenvalue weighted by molar-refractivity contribution is -0.143. The molecule has 0 saturated carbocycles. The van der Waals surface area contributed by atoms with E-state index in [1.807, 2.05) is 43.0 Å². The first kappa shape index (κ1) is 29.7. The van der Waals surface area contributed by atoms with Crippen molar-refractivity contribution in [3.8, 4) is 11.5 Å². The first-order valence-corrected chi connectivity index (χ1v) is 14.7. The second-order valence-corrected chi connectivity index (χ2v) is 11.3. The molecule has 0 radical (unpaired) electrons. The van der Waals surface area contributed by atoms with Crippen molar-refractivity contribution in [2.75, 3.05) is 31.6 Å². The van der Waals surface area contributed by atoms with E-state index < -0.39 is 29.8 Å². The molecule has 1 fully saturated rings. The number of hydrogen-bond acceptors (Lipinski definition) is 6. The van der Waals surface area contributed by atoms with Crippen molar-refractivity contribution >= 4 is 35.1 Å². The average molecular weight is 595 g/mol. The number of anilines is 1. The maximum atomic E-state index is 13.6. The van der Waals surface area contributed by atoms with Gasteiger partial charge in [-0.25, -0.2) is 4.79 Å². The molecule has 1 unspecified atom stereocenters. The van der Waals surface area contributed by atoms with Crippen LogP contribution in [0.3, 0.4) is 0 Å². The zero-order valence-corrected chi connectivity index (χ0v) is 24.4. The topological polar surface area (TPSA) is 125 Å². The molecule has 2 aromatic rings. The third kappa shape index (κ3) is 6.03. The maximum Gasteiger partial charge on any atom is 0.335 e. The van der Waals surface area contributed by atoms with Crippen molar-refractivity contribution in [1.29, 1.82) is 0 Å². The van der Waals surface area contributed by atoms with Gasteiger partial charge in [-0.3, -0.25) is 14.5 Å². The van der Waals surface area contributed by atoms with Crippen molar-refractivity contribution < 1.29 is 34.1 Å². The summed E-state index contributed by atoms with van der Waals surface area (Å²) in [7, 11) is 0. The van der Waals surface area contributed by atoms with Crippen molar-refractivity contribution in [1.82, 2.24) is 4.90 Å². The van der Waals surface area contributed by atoms with Crippen LogP contribution in [-0.2, 0) is 27.2 Å². The summed E-state index contributed by atoms with van der Waals surface area (Å²) in [6.45, 7) is 5.17. The second kappa shape index (κ2) is 12.6. The Morgan fingerprint density at radius 2 is 1.71 bits per heavy atom. The highest BCUT2D eigenvalue weighted by atomic mass is 35.5. The van der Waals surface area contributed by atoms with Gasteiger partial charge in [-0.1, -0.05) is 49.7 Å². The normalized spacial score (nSPS) is 23.4. The van der Waals surface area contributed by atoms with Crippen molar-refractivity contribution in [3.63, 3.8) is 0 Å². The fourth-order valence-corrected chi connectivity index (χ4v) is 6.70. The number of allylic oxidation sites excluding steroid dienone is 1. The number of benzene rings is 2. The predicted octanol–water partition coefficient (Wildman–Crippen LogP) is 4.93. The van der Waals surface area contributed by atoms with Crippen LogP contribution in [-0.4, -0.2) is 65.3 Å². The standard InChI is InChI=1S/C32H35ClN2O7/c1-3-18-13-23(33)14-19(4-2)29(18)34-27(36)17-35-16-24(22-9-10-25-26(15-22)42-12-11-41-25)28(32(39)40)30(35)20-5-7-21(8-6-20)31(37)38/h5,7-10,13-15,20,24,28,30H,3-4,6,11-12,16-17H2,1-2H3,(H,34,36)(H,37,38)(H,39,40)/t20?,24-,28-,30+/m1/s1. The number of hydrogen-bond donors (Lipinski definition) is 3. The van der Waals surface area contributed by atoms with Crippen LogP contribution >= 0.6 is 11.6 Å². The van der Waals surface area contributed by atoms with Crippen LogP contribution in [0.25, 0.3) is 0 Å². The molecule has 222 valence electrons. The van der Waals surface area contributed by atoms with E-state index in [1.165, 1.54) is 6.08 Å². The van der Waals surface area contributed by atoms with Crippen molar-refractivity contribution in [2.45, 2.75) is 45.1 Å². The molecule has 3 aliphatic rings. The highest BCUT2D eigenvalue weighted by Crippen LogP contribution is 2.45. The molecular weight excluding hydrogens is 560 g/mol. The summed E-state index contributed by atoms with van der Waals surface area (Å²) in [4.78, 5) is 39.9. The Kier molecular flexibility index (Phi) is 8.89. The highest BCUT2D eigenvalue weighted by molar-refractivity contribution is 6.30. The zero-order chi connectivity index (χ0) is 30.0. The van der Waals surface area contributed by atoms with Gasteiger partial charge in [0.1, 0.15) is 13.2 Å². The third-order valence-electron chi connectivity index (χ3n) is 8.39. The monoisotopic (exact) mass is 594 g/mol. The Balaban J connectivity index is 1.47. The number of nitrogens with one attached hydrogen (secondary N) is 1. The molecule has 42 heavy (non-hydrogen) atoms. The molecule has 5 rings (SSSR count). The highest BCUT2D eigenvalue weighted by Gasteiger charge is 2.50. The van der Waals surface area contributed by atoms with Crippen LogP contribution in [0.15, 0.2) is 54.1 Å². The van der Waals surface area contributed by atoms with E-state index in [9.17, 15) is 24.6 Å². The minimum atomic E-state index is -1.03. The van der Waals surface area contributed by atoms with E-state index in [0.29, 0.717) is 55.5 Å². The fourth-order valence-electron chi connectivity index (χ4n) is 6.44. The predicted molar refractivity (Wildman–Crippen MR) is 158 cm³/mol. The Morgan fingerprint density at radius 3 is 2.31 bits per heavy atom. The maximum absolute atomic E-state index is 13.6. The lowest BCUT2D eigenvalue weighted by Gasteiger charge is -2.33. The van der Waals surface area contributed by atoms with Crippen LogP contribution < -0.4 is 14.8 Å². The quantitative estimate of drug-likeness (QED) is 0.373. The summed E-state index contributed by atoms with van der Waals surface area (Å²) >= 11 is 6.31. The lowest BCUT2D eigenvalue weighted by atomic mass is 9.78. The largest absolute Gasteiger partial charge is 0.486 e. The van der Waals surface area contributed by atoms with E-state index >= 15 is 0 Å². The van der Waals surface area contributed by atoms with Gasteiger partial charge in [0.05, 0.1) is 18.0 Å². The third-order valence-corrected chi connectivity index (χ3v) is 8.61. The number of carbonyl (C=O) groups is 3. The molecule has 2 aliphatic heterocycles. The minimum absolute atomic E-state index is 0.0235. The molecule has 9 nitrogen and oxygen atoms in total. The number of fused-ring (bicyclic) bond motifs is 1. The first-order valence-electron chi connectivity index (χ1n) is 14.3. The summed E-state index contributed by atoms with van der Waals surface area (Å²) in [5.41, 5.74) is 3.58. The summed E-state index contributed by atoms with van der Waals surface area (Å²) < 4.78 is 11.4. The number of halogens is 1. The summed E-state index contributed by atoms with van der Waals surface area (Å²) in [6, 6.07) is 8.66. The molecule has 1 amide bonds. The number of aryl methyl sites for hydroxylation is 2. The van der Waals surface area contributed by atoms with Gasteiger partial charge in [0.15, 0.2) is 11.5 Å². The molecule has 0 aromatic heterocycles. The molecular formula is C32H35ClN2O7. The Labute approximate surface area is 249 Å². The van der Waals surface area contributed by atoms with Gasteiger partial charge in [0.25, 0.3) is 0 Å². The van der Waals surface area contributed by atoms with Gasteiger partial charge in [0, 0.05) is 29.2 Å². The minimum Gasteiger partial charge on any atom is -0.486 e. The number of carboxylic acids is 2. The van der Waals surface area contributed by atoms with Crippen LogP contribution in [0.1, 0.15) is 42.9 Å². The molecule has 2 heterocycles. The van der Waals surface area contributed by atoms with Crippen LogP contribution in [0.2, 0.25) is 5.02 Å². The second-order valence-electron chi connectivity index (χ2n) is 10.9. The van der Waals surface area contributed by atoms with Crippen LogP contribution in [0.5, 0.6) is 11.5 Å². The SMILES string of the molecule is CCc1cc(Cl)cc(CC)c1NC(=O)CN1C[C@H](c2ccc3c(c2)OCCO3)[C@@H](C(=O)O)[C@@H]1C1C=CC(C(=O)O)=CC1. The van der Waals surface area contributed by atoms with E-state index in [2.05, 4.69) is 5.32 Å². The van der Waals surface area contributed by atoms with E-state index in [1.54, 1.807) is 18.2 Å². The van der Waals surface area contributed by atoms with Gasteiger partial charge in [0.2, 0.25) is 5.91 Å². The molecule has 4 atom stereocenters. The molecule has 2 aromatic carbocycles. The lowest BCUT2D eigenvalue weighted by Crippen LogP contribution is -2.44. The number of amides is 1. The molecule has 3 N–H and O–H groups in total. The number of aliphatic carboxylic acids is 2. The van der Waals surface area contributed by atoms with E-state index in [0.717, 1.165) is 22.4 Å². The number of rotatable bonds is 9. The number of carboxylic acid groups (broad SMARTS) is 2. The smallest absolute Gasteiger partial charge is 0.335 e. The van der Waals surface area contributed by atoms with Gasteiger partial charge in [-0.2, -0.15) is 0 Å². The zero-order valence-electron chi connectivity index (χ0n) is 23.6. The van der Waals surface area contributed by atoms with Gasteiger partial charge in [-0.15, -0.1) is 0 Å². The number of nitrogens with zero attached hydrogens (tertiary/aromatic N) is 1. The van der Waals surface area contributed by atoms with E-state index in [4.69, 9.17) is 21.1 Å². The number of ether oxygens (including phenoxy) is 2. The molecule has 0 bridgehead atoms. The number of likely N-dealkylation sites (tertiary alicyclic amines) is 1. The Morgan fingerprint density at radius 1 is 1.02 bits per heavy atom. The fraction of sp³-hybridized carbons (Fsp3) is 0.406. The van der Waals surface area contributed by atoms with Gasteiger partial charge < -0.3 is 25.0 Å².